The van der Waals surface area contributed by atoms with Crippen molar-refractivity contribution in [2.24, 2.45) is 0 Å². The molecule has 1 unspecified atom stereocenters. The Kier molecular flexibility index (Phi) is 4.28. The Labute approximate surface area is 93.9 Å². The number of carbonyl (C=O) groups is 1. The highest BCUT2D eigenvalue weighted by Crippen LogP contribution is 2.26. The number of carboxylic acid groups (broad SMARTS) is 1. The molecule has 0 aromatic heterocycles. The fourth-order valence-electron chi connectivity index (χ4n) is 1.53. The lowest BCUT2D eigenvalue weighted by Gasteiger charge is -2.12. The highest BCUT2D eigenvalue weighted by atomic mass is 19.1. The van der Waals surface area contributed by atoms with E-state index in [2.05, 4.69) is 0 Å². The minimum Gasteiger partial charge on any atom is -0.497 e. The second-order valence-electron chi connectivity index (χ2n) is 3.72. The van der Waals surface area contributed by atoms with Crippen LogP contribution in [0.25, 0.3) is 0 Å². The van der Waals surface area contributed by atoms with Gasteiger partial charge in [-0.25, -0.2) is 4.39 Å². The summed E-state index contributed by atoms with van der Waals surface area (Å²) in [5.41, 5.74) is 0.530. The molecular weight excluding hydrogens is 211 g/mol. The molecule has 0 amide bonds. The van der Waals surface area contributed by atoms with Crippen LogP contribution in [0.15, 0.2) is 18.2 Å². The number of rotatable bonds is 5. The van der Waals surface area contributed by atoms with Crippen LogP contribution < -0.4 is 4.74 Å². The molecule has 0 aliphatic rings. The van der Waals surface area contributed by atoms with E-state index in [4.69, 9.17) is 9.84 Å². The second-order valence-corrected chi connectivity index (χ2v) is 3.72. The van der Waals surface area contributed by atoms with Gasteiger partial charge in [0.15, 0.2) is 0 Å². The molecule has 1 N–H and O–H groups in total. The summed E-state index contributed by atoms with van der Waals surface area (Å²) in [5, 5.41) is 8.55. The van der Waals surface area contributed by atoms with Crippen LogP contribution in [0.1, 0.15) is 31.2 Å². The highest BCUT2D eigenvalue weighted by Gasteiger charge is 2.13. The fourth-order valence-corrected chi connectivity index (χ4v) is 1.53. The Morgan fingerprint density at radius 2 is 2.25 bits per heavy atom. The number of ether oxygens (including phenoxy) is 1. The minimum atomic E-state index is -0.860. The molecule has 0 spiro atoms. The number of carboxylic acids is 1. The number of hydrogen-bond acceptors (Lipinski definition) is 2. The molecule has 0 aliphatic carbocycles. The van der Waals surface area contributed by atoms with Crippen molar-refractivity contribution in [1.29, 1.82) is 0 Å². The van der Waals surface area contributed by atoms with Crippen molar-refractivity contribution >= 4 is 5.97 Å². The van der Waals surface area contributed by atoms with Gasteiger partial charge in [-0.3, -0.25) is 4.79 Å². The van der Waals surface area contributed by atoms with Gasteiger partial charge in [0.1, 0.15) is 11.6 Å². The summed E-state index contributed by atoms with van der Waals surface area (Å²) in [6.07, 6.45) is 0.477. The fraction of sp³-hybridized carbons (Fsp3) is 0.417. The molecule has 0 fully saturated rings. The van der Waals surface area contributed by atoms with Crippen molar-refractivity contribution in [3.63, 3.8) is 0 Å². The van der Waals surface area contributed by atoms with Gasteiger partial charge in [0, 0.05) is 12.5 Å². The first kappa shape index (κ1) is 12.5. The van der Waals surface area contributed by atoms with Crippen LogP contribution in [-0.2, 0) is 4.79 Å². The van der Waals surface area contributed by atoms with E-state index in [9.17, 15) is 9.18 Å². The van der Waals surface area contributed by atoms with Gasteiger partial charge in [-0.05, 0) is 24.0 Å². The first-order chi connectivity index (χ1) is 7.54. The molecule has 16 heavy (non-hydrogen) atoms. The largest absolute Gasteiger partial charge is 0.497 e. The zero-order valence-corrected chi connectivity index (χ0v) is 9.37. The molecule has 0 bridgehead atoms. The van der Waals surface area contributed by atoms with Crippen molar-refractivity contribution in [2.45, 2.75) is 25.7 Å². The maximum atomic E-state index is 13.6. The van der Waals surface area contributed by atoms with Crippen LogP contribution in [0.4, 0.5) is 4.39 Å². The van der Waals surface area contributed by atoms with Gasteiger partial charge in [-0.2, -0.15) is 0 Å². The van der Waals surface area contributed by atoms with Gasteiger partial charge in [0.25, 0.3) is 0 Å². The summed E-state index contributed by atoms with van der Waals surface area (Å²) in [7, 11) is 1.47. The lowest BCUT2D eigenvalue weighted by molar-refractivity contribution is -0.137. The smallest absolute Gasteiger partial charge is 0.303 e. The molecule has 0 heterocycles. The number of aliphatic carboxylic acids is 1. The summed E-state index contributed by atoms with van der Waals surface area (Å²) in [6.45, 7) is 1.81. The Morgan fingerprint density at radius 3 is 2.75 bits per heavy atom. The Bertz CT molecular complexity index is 377. The summed E-state index contributed by atoms with van der Waals surface area (Å²) in [4.78, 5) is 10.4. The molecule has 0 aliphatic heterocycles. The Morgan fingerprint density at radius 1 is 1.56 bits per heavy atom. The van der Waals surface area contributed by atoms with Gasteiger partial charge >= 0.3 is 5.97 Å². The minimum absolute atomic E-state index is 0.0482. The van der Waals surface area contributed by atoms with Crippen molar-refractivity contribution in [1.82, 2.24) is 0 Å². The second kappa shape index (κ2) is 5.49. The normalized spacial score (nSPS) is 12.2. The van der Waals surface area contributed by atoms with Crippen LogP contribution in [0.2, 0.25) is 0 Å². The Hall–Kier alpha value is -1.58. The van der Waals surface area contributed by atoms with E-state index in [1.54, 1.807) is 12.1 Å². The van der Waals surface area contributed by atoms with E-state index >= 15 is 0 Å². The molecule has 1 atom stereocenters. The summed E-state index contributed by atoms with van der Waals surface area (Å²) in [5.74, 6) is -0.855. The maximum Gasteiger partial charge on any atom is 0.303 e. The van der Waals surface area contributed by atoms with Crippen LogP contribution in [0.5, 0.6) is 5.75 Å². The quantitative estimate of drug-likeness (QED) is 0.839. The van der Waals surface area contributed by atoms with Gasteiger partial charge in [0.05, 0.1) is 7.11 Å². The highest BCUT2D eigenvalue weighted by molar-refractivity contribution is 5.66. The van der Waals surface area contributed by atoms with Crippen LogP contribution in [0.3, 0.4) is 0 Å². The van der Waals surface area contributed by atoms with Gasteiger partial charge in [0.2, 0.25) is 0 Å². The molecule has 3 nitrogen and oxygen atoms in total. The third kappa shape index (κ3) is 3.22. The number of methoxy groups -OCH3 is 1. The Balaban J connectivity index is 2.75. The summed E-state index contributed by atoms with van der Waals surface area (Å²) < 4.78 is 18.5. The van der Waals surface area contributed by atoms with E-state index in [0.717, 1.165) is 0 Å². The van der Waals surface area contributed by atoms with Crippen molar-refractivity contribution in [3.8, 4) is 5.75 Å². The van der Waals surface area contributed by atoms with Crippen LogP contribution in [-0.4, -0.2) is 18.2 Å². The molecule has 88 valence electrons. The molecule has 0 saturated heterocycles. The standard InChI is InChI=1S/C12H15FO3/c1-8(3-6-12(14)15)10-5-4-9(16-2)7-11(10)13/h4-5,7-8H,3,6H2,1-2H3,(H,14,15). The predicted molar refractivity (Wildman–Crippen MR) is 58.2 cm³/mol. The summed E-state index contributed by atoms with van der Waals surface area (Å²) in [6, 6.07) is 4.63. The molecule has 0 saturated carbocycles. The van der Waals surface area contributed by atoms with E-state index in [1.807, 2.05) is 6.92 Å². The van der Waals surface area contributed by atoms with E-state index in [1.165, 1.54) is 13.2 Å². The molecule has 1 aromatic carbocycles. The maximum absolute atomic E-state index is 13.6. The average molecular weight is 226 g/mol. The predicted octanol–water partition coefficient (Wildman–Crippen LogP) is 2.80. The van der Waals surface area contributed by atoms with E-state index in [-0.39, 0.29) is 18.2 Å². The molecular formula is C12H15FO3. The molecule has 0 radical (unpaired) electrons. The first-order valence-corrected chi connectivity index (χ1v) is 5.09. The van der Waals surface area contributed by atoms with Gasteiger partial charge in [-0.15, -0.1) is 0 Å². The van der Waals surface area contributed by atoms with E-state index in [0.29, 0.717) is 17.7 Å². The lowest BCUT2D eigenvalue weighted by Crippen LogP contribution is -2.02. The van der Waals surface area contributed by atoms with Gasteiger partial charge in [-0.1, -0.05) is 13.0 Å². The van der Waals surface area contributed by atoms with Crippen molar-refractivity contribution in [2.75, 3.05) is 7.11 Å². The molecule has 4 heteroatoms. The number of benzene rings is 1. The number of halogens is 1. The van der Waals surface area contributed by atoms with Crippen LogP contribution >= 0.6 is 0 Å². The topological polar surface area (TPSA) is 46.5 Å². The lowest BCUT2D eigenvalue weighted by atomic mass is 9.95. The van der Waals surface area contributed by atoms with Crippen LogP contribution in [0, 0.1) is 5.82 Å². The first-order valence-electron chi connectivity index (χ1n) is 5.09. The van der Waals surface area contributed by atoms with E-state index < -0.39 is 5.97 Å². The average Bonchev–Trinajstić information content (AvgIpc) is 2.25. The number of hydrogen-bond donors (Lipinski definition) is 1. The SMILES string of the molecule is COc1ccc(C(C)CCC(=O)O)c(F)c1. The molecule has 1 aromatic rings. The third-order valence-electron chi connectivity index (χ3n) is 2.53. The summed E-state index contributed by atoms with van der Waals surface area (Å²) >= 11 is 0. The zero-order valence-electron chi connectivity index (χ0n) is 9.37. The van der Waals surface area contributed by atoms with Gasteiger partial charge < -0.3 is 9.84 Å². The van der Waals surface area contributed by atoms with Crippen molar-refractivity contribution in [3.05, 3.63) is 29.6 Å². The third-order valence-corrected chi connectivity index (χ3v) is 2.53. The zero-order chi connectivity index (χ0) is 12.1. The van der Waals surface area contributed by atoms with Crippen molar-refractivity contribution < 1.29 is 19.0 Å². The molecule has 1 rings (SSSR count). The monoisotopic (exact) mass is 226 g/mol.